The summed E-state index contributed by atoms with van der Waals surface area (Å²) >= 11 is 5.93. The molecule has 1 atom stereocenters. The van der Waals surface area contributed by atoms with Crippen LogP contribution in [0, 0.1) is 13.8 Å². The first-order chi connectivity index (χ1) is 10.9. The van der Waals surface area contributed by atoms with Crippen LogP contribution in [-0.2, 0) is 4.79 Å². The molecule has 0 bridgehead atoms. The average molecular weight is 334 g/mol. The number of carbonyl (C=O) groups excluding carboxylic acids is 1. The third kappa shape index (κ3) is 4.42. The number of ether oxygens (including phenoxy) is 1. The Morgan fingerprint density at radius 2 is 1.78 bits per heavy atom. The van der Waals surface area contributed by atoms with E-state index in [0.29, 0.717) is 28.1 Å². The summed E-state index contributed by atoms with van der Waals surface area (Å²) in [5.74, 6) is 0.549. The van der Waals surface area contributed by atoms with Crippen molar-refractivity contribution >= 4 is 23.5 Å². The third-order valence-electron chi connectivity index (χ3n) is 3.43. The van der Waals surface area contributed by atoms with E-state index < -0.39 is 0 Å². The van der Waals surface area contributed by atoms with E-state index in [0.717, 1.165) is 12.0 Å². The highest BCUT2D eigenvalue weighted by molar-refractivity contribution is 6.30. The smallest absolute Gasteiger partial charge is 0.308 e. The molecular weight excluding hydrogens is 314 g/mol. The standard InChI is InChI=1S/C17H20ClN3O2/c1-5-15(13-6-8-14(18)9-7-13)21-17-19-10(2)16(11(3)20-17)23-12(4)22/h6-9,15H,5H2,1-4H3,(H,19,20,21). The largest absolute Gasteiger partial charge is 0.423 e. The van der Waals surface area contributed by atoms with E-state index in [2.05, 4.69) is 22.2 Å². The number of hydrogen-bond acceptors (Lipinski definition) is 5. The lowest BCUT2D eigenvalue weighted by atomic mass is 10.1. The Morgan fingerprint density at radius 3 is 2.26 bits per heavy atom. The fraction of sp³-hybridized carbons (Fsp3) is 0.353. The molecule has 0 amide bonds. The van der Waals surface area contributed by atoms with Gasteiger partial charge in [0.1, 0.15) is 0 Å². The molecule has 1 aromatic carbocycles. The van der Waals surface area contributed by atoms with E-state index in [1.807, 2.05) is 24.3 Å². The number of esters is 1. The maximum atomic E-state index is 11.1. The fourth-order valence-corrected chi connectivity index (χ4v) is 2.46. The Labute approximate surface area is 141 Å². The summed E-state index contributed by atoms with van der Waals surface area (Å²) in [4.78, 5) is 19.9. The van der Waals surface area contributed by atoms with Crippen molar-refractivity contribution < 1.29 is 9.53 Å². The van der Waals surface area contributed by atoms with Crippen LogP contribution in [0.1, 0.15) is 43.3 Å². The lowest BCUT2D eigenvalue weighted by Gasteiger charge is -2.19. The molecule has 6 heteroatoms. The van der Waals surface area contributed by atoms with Gasteiger partial charge in [-0.1, -0.05) is 30.7 Å². The van der Waals surface area contributed by atoms with Crippen molar-refractivity contribution in [1.82, 2.24) is 9.97 Å². The number of hydrogen-bond donors (Lipinski definition) is 1. The molecule has 1 heterocycles. The van der Waals surface area contributed by atoms with Crippen LogP contribution in [-0.4, -0.2) is 15.9 Å². The predicted octanol–water partition coefficient (Wildman–Crippen LogP) is 4.24. The molecule has 0 fully saturated rings. The predicted molar refractivity (Wildman–Crippen MR) is 90.9 cm³/mol. The molecule has 5 nitrogen and oxygen atoms in total. The lowest BCUT2D eigenvalue weighted by molar-refractivity contribution is -0.132. The highest BCUT2D eigenvalue weighted by Crippen LogP contribution is 2.26. The van der Waals surface area contributed by atoms with Crippen molar-refractivity contribution in [3.05, 3.63) is 46.2 Å². The fourth-order valence-electron chi connectivity index (χ4n) is 2.33. The third-order valence-corrected chi connectivity index (χ3v) is 3.69. The zero-order chi connectivity index (χ0) is 17.0. The van der Waals surface area contributed by atoms with E-state index in [9.17, 15) is 4.79 Å². The van der Waals surface area contributed by atoms with Crippen molar-refractivity contribution in [2.24, 2.45) is 0 Å². The Bertz CT molecular complexity index is 678. The second-order valence-electron chi connectivity index (χ2n) is 5.30. The molecule has 0 saturated carbocycles. The van der Waals surface area contributed by atoms with Crippen LogP contribution in [0.15, 0.2) is 24.3 Å². The summed E-state index contributed by atoms with van der Waals surface area (Å²) in [6.07, 6.45) is 0.870. The number of benzene rings is 1. The van der Waals surface area contributed by atoms with E-state index in [1.165, 1.54) is 6.92 Å². The summed E-state index contributed by atoms with van der Waals surface area (Å²) in [6.45, 7) is 7.03. The van der Waals surface area contributed by atoms with E-state index in [4.69, 9.17) is 16.3 Å². The Hall–Kier alpha value is -2.14. The van der Waals surface area contributed by atoms with Crippen LogP contribution in [0.5, 0.6) is 5.75 Å². The first-order valence-corrected chi connectivity index (χ1v) is 7.84. The molecule has 0 aliphatic heterocycles. The molecule has 2 aromatic rings. The second kappa shape index (κ2) is 7.42. The number of nitrogens with one attached hydrogen (secondary N) is 1. The Kier molecular flexibility index (Phi) is 5.55. The van der Waals surface area contributed by atoms with Crippen LogP contribution in [0.25, 0.3) is 0 Å². The minimum Gasteiger partial charge on any atom is -0.423 e. The topological polar surface area (TPSA) is 64.1 Å². The molecule has 1 unspecified atom stereocenters. The van der Waals surface area contributed by atoms with E-state index >= 15 is 0 Å². The van der Waals surface area contributed by atoms with Crippen molar-refractivity contribution in [3.63, 3.8) is 0 Å². The van der Waals surface area contributed by atoms with Crippen molar-refractivity contribution in [1.29, 1.82) is 0 Å². The van der Waals surface area contributed by atoms with E-state index in [-0.39, 0.29) is 12.0 Å². The number of anilines is 1. The van der Waals surface area contributed by atoms with Gasteiger partial charge < -0.3 is 10.1 Å². The molecule has 2 rings (SSSR count). The first kappa shape index (κ1) is 17.2. The maximum absolute atomic E-state index is 11.1. The number of aromatic nitrogens is 2. The number of rotatable bonds is 5. The van der Waals surface area contributed by atoms with Gasteiger partial charge in [0.15, 0.2) is 5.75 Å². The minimum atomic E-state index is -0.381. The summed E-state index contributed by atoms with van der Waals surface area (Å²) in [5.41, 5.74) is 2.36. The van der Waals surface area contributed by atoms with Gasteiger partial charge in [-0.05, 0) is 38.0 Å². The number of halogens is 1. The van der Waals surface area contributed by atoms with Crippen LogP contribution >= 0.6 is 11.6 Å². The van der Waals surface area contributed by atoms with Gasteiger partial charge in [-0.15, -0.1) is 0 Å². The van der Waals surface area contributed by atoms with Crippen LogP contribution in [0.2, 0.25) is 5.02 Å². The molecule has 1 N–H and O–H groups in total. The molecule has 0 radical (unpaired) electrons. The van der Waals surface area contributed by atoms with Crippen molar-refractivity contribution in [2.45, 2.75) is 40.2 Å². The van der Waals surface area contributed by atoms with Crippen LogP contribution in [0.3, 0.4) is 0 Å². The van der Waals surface area contributed by atoms with Gasteiger partial charge in [0.2, 0.25) is 5.95 Å². The molecular formula is C17H20ClN3O2. The van der Waals surface area contributed by atoms with Gasteiger partial charge in [-0.2, -0.15) is 0 Å². The van der Waals surface area contributed by atoms with E-state index in [1.54, 1.807) is 13.8 Å². The number of aryl methyl sites for hydroxylation is 2. The number of carbonyl (C=O) groups is 1. The summed E-state index contributed by atoms with van der Waals surface area (Å²) in [5, 5.41) is 4.03. The lowest BCUT2D eigenvalue weighted by Crippen LogP contribution is -2.14. The molecule has 122 valence electrons. The van der Waals surface area contributed by atoms with Crippen molar-refractivity contribution in [2.75, 3.05) is 5.32 Å². The normalized spacial score (nSPS) is 11.9. The molecule has 0 spiro atoms. The second-order valence-corrected chi connectivity index (χ2v) is 5.73. The van der Waals surface area contributed by atoms with Gasteiger partial charge in [-0.25, -0.2) is 9.97 Å². The zero-order valence-electron chi connectivity index (χ0n) is 13.7. The number of nitrogens with zero attached hydrogens (tertiary/aromatic N) is 2. The molecule has 0 saturated heterocycles. The van der Waals surface area contributed by atoms with Crippen LogP contribution in [0.4, 0.5) is 5.95 Å². The highest BCUT2D eigenvalue weighted by atomic mass is 35.5. The molecule has 0 aliphatic rings. The Balaban J connectivity index is 2.24. The summed E-state index contributed by atoms with van der Waals surface area (Å²) in [7, 11) is 0. The zero-order valence-corrected chi connectivity index (χ0v) is 14.4. The van der Waals surface area contributed by atoms with Gasteiger partial charge in [-0.3, -0.25) is 4.79 Å². The summed E-state index contributed by atoms with van der Waals surface area (Å²) < 4.78 is 5.15. The van der Waals surface area contributed by atoms with Crippen LogP contribution < -0.4 is 10.1 Å². The highest BCUT2D eigenvalue weighted by Gasteiger charge is 2.15. The van der Waals surface area contributed by atoms with Crippen molar-refractivity contribution in [3.8, 4) is 5.75 Å². The quantitative estimate of drug-likeness (QED) is 0.829. The van der Waals surface area contributed by atoms with Gasteiger partial charge in [0.05, 0.1) is 17.4 Å². The SMILES string of the molecule is CCC(Nc1nc(C)c(OC(C)=O)c(C)n1)c1ccc(Cl)cc1. The van der Waals surface area contributed by atoms with Gasteiger partial charge in [0.25, 0.3) is 0 Å². The van der Waals surface area contributed by atoms with Gasteiger partial charge >= 0.3 is 5.97 Å². The summed E-state index contributed by atoms with van der Waals surface area (Å²) in [6, 6.07) is 7.77. The maximum Gasteiger partial charge on any atom is 0.308 e. The minimum absolute atomic E-state index is 0.0747. The molecule has 0 aliphatic carbocycles. The average Bonchev–Trinajstić information content (AvgIpc) is 2.49. The molecule has 1 aromatic heterocycles. The molecule has 23 heavy (non-hydrogen) atoms. The monoisotopic (exact) mass is 333 g/mol. The Morgan fingerprint density at radius 1 is 1.22 bits per heavy atom. The van der Waals surface area contributed by atoms with Gasteiger partial charge in [0, 0.05) is 11.9 Å². The first-order valence-electron chi connectivity index (χ1n) is 7.46.